The van der Waals surface area contributed by atoms with Gasteiger partial charge in [-0.15, -0.1) is 0 Å². The second-order valence-electron chi connectivity index (χ2n) is 3.52. The molecule has 0 spiro atoms. The van der Waals surface area contributed by atoms with Crippen LogP contribution in [0.1, 0.15) is 17.5 Å². The summed E-state index contributed by atoms with van der Waals surface area (Å²) in [7, 11) is 3.26. The maximum Gasteiger partial charge on any atom is 0.163 e. The predicted molar refractivity (Wildman–Crippen MR) is 67.4 cm³/mol. The van der Waals surface area contributed by atoms with Crippen molar-refractivity contribution in [3.05, 3.63) is 21.7 Å². The highest BCUT2D eigenvalue weighted by molar-refractivity contribution is 9.10. The molecule has 0 aliphatic carbocycles. The summed E-state index contributed by atoms with van der Waals surface area (Å²) in [6.07, 6.45) is 1.57. The van der Waals surface area contributed by atoms with E-state index < -0.39 is 0 Å². The van der Waals surface area contributed by atoms with Crippen LogP contribution in [-0.2, 0) is 6.42 Å². The SMILES string of the molecule is COc1cc(Br)c(CCCO)c(C)c1OC. The van der Waals surface area contributed by atoms with Crippen molar-refractivity contribution in [3.8, 4) is 11.5 Å². The highest BCUT2D eigenvalue weighted by atomic mass is 79.9. The number of aliphatic hydroxyl groups excluding tert-OH is 1. The third-order valence-electron chi connectivity index (χ3n) is 2.57. The molecule has 0 bridgehead atoms. The number of halogens is 1. The summed E-state index contributed by atoms with van der Waals surface area (Å²) in [6.45, 7) is 2.19. The summed E-state index contributed by atoms with van der Waals surface area (Å²) in [5, 5.41) is 8.87. The fourth-order valence-electron chi connectivity index (χ4n) is 1.74. The van der Waals surface area contributed by atoms with Gasteiger partial charge in [0.25, 0.3) is 0 Å². The van der Waals surface area contributed by atoms with E-state index in [0.717, 1.165) is 39.9 Å². The van der Waals surface area contributed by atoms with Crippen LogP contribution in [0.3, 0.4) is 0 Å². The number of benzene rings is 1. The zero-order valence-electron chi connectivity index (χ0n) is 9.84. The van der Waals surface area contributed by atoms with E-state index in [-0.39, 0.29) is 6.61 Å². The minimum Gasteiger partial charge on any atom is -0.493 e. The molecule has 1 aromatic carbocycles. The van der Waals surface area contributed by atoms with Crippen LogP contribution in [0.25, 0.3) is 0 Å². The van der Waals surface area contributed by atoms with E-state index in [4.69, 9.17) is 14.6 Å². The average Bonchev–Trinajstić information content (AvgIpc) is 2.28. The van der Waals surface area contributed by atoms with E-state index in [2.05, 4.69) is 15.9 Å². The Balaban J connectivity index is 3.18. The summed E-state index contributed by atoms with van der Waals surface area (Å²) >= 11 is 3.52. The molecule has 0 saturated heterocycles. The van der Waals surface area contributed by atoms with Crippen LogP contribution in [0.5, 0.6) is 11.5 Å². The highest BCUT2D eigenvalue weighted by Crippen LogP contribution is 2.38. The Hall–Kier alpha value is -0.740. The van der Waals surface area contributed by atoms with Crippen molar-refractivity contribution >= 4 is 15.9 Å². The van der Waals surface area contributed by atoms with Gasteiger partial charge in [0, 0.05) is 11.1 Å². The molecule has 0 amide bonds. The highest BCUT2D eigenvalue weighted by Gasteiger charge is 2.14. The van der Waals surface area contributed by atoms with Crippen LogP contribution in [0.4, 0.5) is 0 Å². The van der Waals surface area contributed by atoms with Crippen LogP contribution >= 0.6 is 15.9 Å². The Labute approximate surface area is 105 Å². The van der Waals surface area contributed by atoms with Crippen molar-refractivity contribution < 1.29 is 14.6 Å². The van der Waals surface area contributed by atoms with Gasteiger partial charge in [0.1, 0.15) is 0 Å². The smallest absolute Gasteiger partial charge is 0.163 e. The van der Waals surface area contributed by atoms with Crippen molar-refractivity contribution in [2.75, 3.05) is 20.8 Å². The molecule has 0 saturated carbocycles. The van der Waals surface area contributed by atoms with Crippen molar-refractivity contribution in [2.45, 2.75) is 19.8 Å². The van der Waals surface area contributed by atoms with Gasteiger partial charge in [0.2, 0.25) is 0 Å². The summed E-state index contributed by atoms with van der Waals surface area (Å²) < 4.78 is 11.6. The number of rotatable bonds is 5. The lowest BCUT2D eigenvalue weighted by molar-refractivity contribution is 0.288. The Morgan fingerprint density at radius 3 is 2.50 bits per heavy atom. The third kappa shape index (κ3) is 2.68. The largest absolute Gasteiger partial charge is 0.493 e. The quantitative estimate of drug-likeness (QED) is 0.905. The Kier molecular flexibility index (Phi) is 5.09. The first kappa shape index (κ1) is 13.3. The maximum absolute atomic E-state index is 8.87. The first-order valence-electron chi connectivity index (χ1n) is 5.16. The third-order valence-corrected chi connectivity index (χ3v) is 3.28. The van der Waals surface area contributed by atoms with Gasteiger partial charge < -0.3 is 14.6 Å². The Morgan fingerprint density at radius 2 is 2.00 bits per heavy atom. The molecular weight excluding hydrogens is 272 g/mol. The zero-order chi connectivity index (χ0) is 12.1. The monoisotopic (exact) mass is 288 g/mol. The molecule has 0 aliphatic heterocycles. The van der Waals surface area contributed by atoms with Crippen molar-refractivity contribution in [1.29, 1.82) is 0 Å². The van der Waals surface area contributed by atoms with E-state index >= 15 is 0 Å². The van der Waals surface area contributed by atoms with Crippen molar-refractivity contribution in [3.63, 3.8) is 0 Å². The van der Waals surface area contributed by atoms with E-state index in [1.165, 1.54) is 0 Å². The number of hydrogen-bond acceptors (Lipinski definition) is 3. The van der Waals surface area contributed by atoms with Crippen LogP contribution in [0, 0.1) is 6.92 Å². The van der Waals surface area contributed by atoms with Gasteiger partial charge in [-0.1, -0.05) is 15.9 Å². The lowest BCUT2D eigenvalue weighted by atomic mass is 10.0. The molecule has 4 heteroatoms. The lowest BCUT2D eigenvalue weighted by Crippen LogP contribution is -2.00. The molecule has 3 nitrogen and oxygen atoms in total. The van der Waals surface area contributed by atoms with Crippen LogP contribution < -0.4 is 9.47 Å². The van der Waals surface area contributed by atoms with E-state index in [0.29, 0.717) is 0 Å². The fraction of sp³-hybridized carbons (Fsp3) is 0.500. The van der Waals surface area contributed by atoms with Gasteiger partial charge in [0.05, 0.1) is 14.2 Å². The van der Waals surface area contributed by atoms with E-state index in [1.54, 1.807) is 14.2 Å². The number of ether oxygens (including phenoxy) is 2. The van der Waals surface area contributed by atoms with Gasteiger partial charge in [-0.2, -0.15) is 0 Å². The first-order valence-corrected chi connectivity index (χ1v) is 5.95. The second kappa shape index (κ2) is 6.11. The molecule has 16 heavy (non-hydrogen) atoms. The molecule has 0 unspecified atom stereocenters. The molecule has 0 aromatic heterocycles. The zero-order valence-corrected chi connectivity index (χ0v) is 11.4. The van der Waals surface area contributed by atoms with Gasteiger partial charge in [-0.25, -0.2) is 0 Å². The summed E-state index contributed by atoms with van der Waals surface area (Å²) in [4.78, 5) is 0. The molecule has 90 valence electrons. The molecule has 0 heterocycles. The van der Waals surface area contributed by atoms with E-state index in [9.17, 15) is 0 Å². The average molecular weight is 289 g/mol. The van der Waals surface area contributed by atoms with Crippen LogP contribution in [0.15, 0.2) is 10.5 Å². The standard InChI is InChI=1S/C12H17BrO3/c1-8-9(5-4-6-14)10(13)7-11(15-2)12(8)16-3/h7,14H,4-6H2,1-3H3. The minimum atomic E-state index is 0.195. The lowest BCUT2D eigenvalue weighted by Gasteiger charge is -2.16. The molecule has 1 aromatic rings. The number of methoxy groups -OCH3 is 2. The van der Waals surface area contributed by atoms with Gasteiger partial charge in [-0.05, 0) is 37.0 Å². The van der Waals surface area contributed by atoms with Crippen LogP contribution in [0.2, 0.25) is 0 Å². The minimum absolute atomic E-state index is 0.195. The van der Waals surface area contributed by atoms with Crippen molar-refractivity contribution in [1.82, 2.24) is 0 Å². The summed E-state index contributed by atoms with van der Waals surface area (Å²) in [5.41, 5.74) is 2.22. The Morgan fingerprint density at radius 1 is 1.31 bits per heavy atom. The number of hydrogen-bond donors (Lipinski definition) is 1. The molecule has 0 radical (unpaired) electrons. The first-order chi connectivity index (χ1) is 7.65. The number of aliphatic hydroxyl groups is 1. The second-order valence-corrected chi connectivity index (χ2v) is 4.38. The molecule has 0 aliphatic rings. The maximum atomic E-state index is 8.87. The van der Waals surface area contributed by atoms with Crippen LogP contribution in [-0.4, -0.2) is 25.9 Å². The Bertz CT molecular complexity index is 364. The summed E-state index contributed by atoms with van der Waals surface area (Å²) in [5.74, 6) is 1.48. The summed E-state index contributed by atoms with van der Waals surface area (Å²) in [6, 6.07) is 1.90. The molecule has 1 N–H and O–H groups in total. The molecule has 0 fully saturated rings. The molecule has 1 rings (SSSR count). The van der Waals surface area contributed by atoms with Gasteiger partial charge >= 0.3 is 0 Å². The normalized spacial score (nSPS) is 10.3. The molecular formula is C12H17BrO3. The van der Waals surface area contributed by atoms with E-state index in [1.807, 2.05) is 13.0 Å². The molecule has 0 atom stereocenters. The van der Waals surface area contributed by atoms with Gasteiger partial charge in [-0.3, -0.25) is 0 Å². The fourth-order valence-corrected chi connectivity index (χ4v) is 2.44. The van der Waals surface area contributed by atoms with Gasteiger partial charge in [0.15, 0.2) is 11.5 Å². The topological polar surface area (TPSA) is 38.7 Å². The predicted octanol–water partition coefficient (Wildman–Crippen LogP) is 2.70. The van der Waals surface area contributed by atoms with Crippen molar-refractivity contribution in [2.24, 2.45) is 0 Å².